The first-order valence-electron chi connectivity index (χ1n) is 7.64. The second kappa shape index (κ2) is 7.48. The Kier molecular flexibility index (Phi) is 5.65. The van der Waals surface area contributed by atoms with Crippen LogP contribution in [-0.2, 0) is 0 Å². The summed E-state index contributed by atoms with van der Waals surface area (Å²) in [5.74, 6) is 2.25. The highest BCUT2D eigenvalue weighted by atomic mass is 16.5. The van der Waals surface area contributed by atoms with Crippen LogP contribution in [0.2, 0.25) is 0 Å². The van der Waals surface area contributed by atoms with Crippen molar-refractivity contribution in [2.24, 2.45) is 11.8 Å². The molecule has 0 saturated carbocycles. The third-order valence-electron chi connectivity index (χ3n) is 3.89. The van der Waals surface area contributed by atoms with E-state index in [4.69, 9.17) is 4.74 Å². The first-order valence-corrected chi connectivity index (χ1v) is 7.64. The third-order valence-corrected chi connectivity index (χ3v) is 3.89. The maximum absolute atomic E-state index is 5.19. The second-order valence-corrected chi connectivity index (χ2v) is 6.04. The van der Waals surface area contributed by atoms with Crippen molar-refractivity contribution in [3.8, 4) is 5.88 Å². The van der Waals surface area contributed by atoms with E-state index in [9.17, 15) is 0 Å². The lowest BCUT2D eigenvalue weighted by molar-refractivity contribution is 0.373. The molecule has 1 aliphatic rings. The third kappa shape index (κ3) is 4.37. The van der Waals surface area contributed by atoms with E-state index in [0.717, 1.165) is 38.0 Å². The average Bonchev–Trinajstić information content (AvgIpc) is 2.48. The minimum atomic E-state index is 0.697. The molecule has 1 aromatic rings. The lowest BCUT2D eigenvalue weighted by atomic mass is 9.96. The number of hydrogen-bond acceptors (Lipinski definition) is 4. The zero-order valence-corrected chi connectivity index (χ0v) is 12.9. The molecule has 1 N–H and O–H groups in total. The van der Waals surface area contributed by atoms with E-state index in [1.807, 2.05) is 12.3 Å². The number of hydrogen-bond donors (Lipinski definition) is 1. The van der Waals surface area contributed by atoms with Crippen LogP contribution in [0.15, 0.2) is 18.3 Å². The first kappa shape index (κ1) is 15.1. The van der Waals surface area contributed by atoms with Crippen molar-refractivity contribution >= 4 is 5.69 Å². The average molecular weight is 277 g/mol. The molecule has 4 heteroatoms. The molecule has 1 saturated heterocycles. The molecule has 1 fully saturated rings. The van der Waals surface area contributed by atoms with Gasteiger partial charge in [0, 0.05) is 31.0 Å². The summed E-state index contributed by atoms with van der Waals surface area (Å²) in [6.07, 6.45) is 4.34. The van der Waals surface area contributed by atoms with Crippen LogP contribution in [0.4, 0.5) is 5.69 Å². The van der Waals surface area contributed by atoms with Crippen LogP contribution in [0.3, 0.4) is 0 Å². The highest BCUT2D eigenvalue weighted by molar-refractivity contribution is 5.48. The molecule has 2 heterocycles. The fourth-order valence-corrected chi connectivity index (χ4v) is 2.68. The quantitative estimate of drug-likeness (QED) is 0.867. The number of methoxy groups -OCH3 is 1. The lowest BCUT2D eigenvalue weighted by Gasteiger charge is -2.33. The van der Waals surface area contributed by atoms with E-state index < -0.39 is 0 Å². The van der Waals surface area contributed by atoms with Gasteiger partial charge < -0.3 is 15.0 Å². The summed E-state index contributed by atoms with van der Waals surface area (Å²) in [7, 11) is 1.67. The Morgan fingerprint density at radius 3 is 2.80 bits per heavy atom. The monoisotopic (exact) mass is 277 g/mol. The normalized spacial score (nSPS) is 16.7. The summed E-state index contributed by atoms with van der Waals surface area (Å²) in [4.78, 5) is 6.60. The topological polar surface area (TPSA) is 37.4 Å². The first-order chi connectivity index (χ1) is 9.69. The number of ether oxygens (including phenoxy) is 1. The van der Waals surface area contributed by atoms with Crippen molar-refractivity contribution in [3.05, 3.63) is 18.3 Å². The molecular formula is C16H27N3O. The molecule has 0 amide bonds. The number of aromatic nitrogens is 1. The van der Waals surface area contributed by atoms with Crippen LogP contribution >= 0.6 is 0 Å². The van der Waals surface area contributed by atoms with Gasteiger partial charge in [-0.3, -0.25) is 0 Å². The number of nitrogens with zero attached hydrogens (tertiary/aromatic N) is 2. The molecule has 2 rings (SSSR count). The van der Waals surface area contributed by atoms with Gasteiger partial charge >= 0.3 is 0 Å². The smallest absolute Gasteiger partial charge is 0.214 e. The molecule has 0 spiro atoms. The number of anilines is 1. The molecular weight excluding hydrogens is 250 g/mol. The fourth-order valence-electron chi connectivity index (χ4n) is 2.68. The zero-order valence-electron chi connectivity index (χ0n) is 12.9. The van der Waals surface area contributed by atoms with Crippen LogP contribution < -0.4 is 15.0 Å². The minimum absolute atomic E-state index is 0.697. The van der Waals surface area contributed by atoms with Gasteiger partial charge in [0.05, 0.1) is 7.11 Å². The highest BCUT2D eigenvalue weighted by Crippen LogP contribution is 2.24. The molecule has 1 aromatic heterocycles. The molecule has 4 nitrogen and oxygen atoms in total. The zero-order chi connectivity index (χ0) is 14.4. The number of piperidine rings is 1. The van der Waals surface area contributed by atoms with Crippen molar-refractivity contribution in [2.45, 2.75) is 26.7 Å². The van der Waals surface area contributed by atoms with Crippen LogP contribution in [0, 0.1) is 11.8 Å². The Bertz CT molecular complexity index is 400. The molecule has 0 radical (unpaired) electrons. The molecule has 0 aliphatic carbocycles. The Labute approximate surface area is 122 Å². The molecule has 1 aliphatic heterocycles. The van der Waals surface area contributed by atoms with Gasteiger partial charge in [-0.2, -0.15) is 0 Å². The van der Waals surface area contributed by atoms with E-state index in [1.165, 1.54) is 18.5 Å². The predicted molar refractivity (Wildman–Crippen MR) is 83.4 cm³/mol. The summed E-state index contributed by atoms with van der Waals surface area (Å²) in [5, 5.41) is 3.58. The van der Waals surface area contributed by atoms with Gasteiger partial charge in [0.25, 0.3) is 0 Å². The van der Waals surface area contributed by atoms with Gasteiger partial charge in [-0.05, 0) is 43.8 Å². The van der Waals surface area contributed by atoms with Crippen molar-refractivity contribution in [1.82, 2.24) is 10.3 Å². The van der Waals surface area contributed by atoms with Crippen LogP contribution in [0.1, 0.15) is 26.7 Å². The number of nitrogens with one attached hydrogen (secondary N) is 1. The predicted octanol–water partition coefficient (Wildman–Crippen LogP) is 2.55. The van der Waals surface area contributed by atoms with Crippen molar-refractivity contribution < 1.29 is 4.74 Å². The van der Waals surface area contributed by atoms with Crippen LogP contribution in [0.25, 0.3) is 0 Å². The maximum atomic E-state index is 5.19. The summed E-state index contributed by atoms with van der Waals surface area (Å²) in [6.45, 7) is 9.05. The molecule has 112 valence electrons. The van der Waals surface area contributed by atoms with Crippen molar-refractivity contribution in [2.75, 3.05) is 38.2 Å². The Balaban J connectivity index is 1.78. The second-order valence-electron chi connectivity index (χ2n) is 6.04. The lowest BCUT2D eigenvalue weighted by Crippen LogP contribution is -2.37. The van der Waals surface area contributed by atoms with Crippen LogP contribution in [0.5, 0.6) is 5.88 Å². The van der Waals surface area contributed by atoms with E-state index in [0.29, 0.717) is 5.88 Å². The van der Waals surface area contributed by atoms with Gasteiger partial charge in [0.2, 0.25) is 5.88 Å². The van der Waals surface area contributed by atoms with E-state index in [1.54, 1.807) is 7.11 Å². The molecule has 0 unspecified atom stereocenters. The Hall–Kier alpha value is -1.29. The standard InChI is InChI=1S/C16H27N3O/c1-13(2)11-17-12-14-5-8-19(9-6-14)15-4-7-18-16(10-15)20-3/h4,7,10,13-14,17H,5-6,8-9,11-12H2,1-3H3. The summed E-state index contributed by atoms with van der Waals surface area (Å²) < 4.78 is 5.19. The fraction of sp³-hybridized carbons (Fsp3) is 0.688. The summed E-state index contributed by atoms with van der Waals surface area (Å²) in [6, 6.07) is 4.09. The van der Waals surface area contributed by atoms with E-state index >= 15 is 0 Å². The van der Waals surface area contributed by atoms with Gasteiger partial charge in [0.15, 0.2) is 0 Å². The summed E-state index contributed by atoms with van der Waals surface area (Å²) in [5.41, 5.74) is 1.23. The molecule has 0 aromatic carbocycles. The van der Waals surface area contributed by atoms with Gasteiger partial charge in [0.1, 0.15) is 0 Å². The Morgan fingerprint density at radius 1 is 1.40 bits per heavy atom. The molecule has 0 atom stereocenters. The van der Waals surface area contributed by atoms with E-state index in [2.05, 4.69) is 35.1 Å². The molecule has 0 bridgehead atoms. The van der Waals surface area contributed by atoms with Gasteiger partial charge in [-0.1, -0.05) is 13.8 Å². The largest absolute Gasteiger partial charge is 0.481 e. The number of pyridine rings is 1. The van der Waals surface area contributed by atoms with Gasteiger partial charge in [-0.25, -0.2) is 4.98 Å². The van der Waals surface area contributed by atoms with E-state index in [-0.39, 0.29) is 0 Å². The Morgan fingerprint density at radius 2 is 2.15 bits per heavy atom. The van der Waals surface area contributed by atoms with Crippen molar-refractivity contribution in [3.63, 3.8) is 0 Å². The molecule has 20 heavy (non-hydrogen) atoms. The number of rotatable bonds is 6. The van der Waals surface area contributed by atoms with Gasteiger partial charge in [-0.15, -0.1) is 0 Å². The van der Waals surface area contributed by atoms with Crippen molar-refractivity contribution in [1.29, 1.82) is 0 Å². The van der Waals surface area contributed by atoms with Crippen LogP contribution in [-0.4, -0.2) is 38.3 Å². The SMILES string of the molecule is COc1cc(N2CCC(CNCC(C)C)CC2)ccn1. The maximum Gasteiger partial charge on any atom is 0.214 e. The highest BCUT2D eigenvalue weighted by Gasteiger charge is 2.19. The minimum Gasteiger partial charge on any atom is -0.481 e. The summed E-state index contributed by atoms with van der Waals surface area (Å²) >= 11 is 0.